The zero-order valence-corrected chi connectivity index (χ0v) is 20.1. The average molecular weight is 447 g/mol. The van der Waals surface area contributed by atoms with Crippen LogP contribution in [0.3, 0.4) is 0 Å². The van der Waals surface area contributed by atoms with Gasteiger partial charge in [0.15, 0.2) is 0 Å². The number of hydrogen-bond donors (Lipinski definition) is 0. The molecule has 3 nitrogen and oxygen atoms in total. The van der Waals surface area contributed by atoms with E-state index in [1.54, 1.807) is 6.92 Å². The van der Waals surface area contributed by atoms with Crippen molar-refractivity contribution in [2.75, 3.05) is 38.9 Å². The summed E-state index contributed by atoms with van der Waals surface area (Å²) in [6.45, 7) is 6.53. The van der Waals surface area contributed by atoms with Crippen molar-refractivity contribution in [1.82, 2.24) is 9.80 Å². The number of unbranched alkanes of at least 4 members (excludes halogenated alkanes) is 1. The van der Waals surface area contributed by atoms with Gasteiger partial charge >= 0.3 is 193 Å². The second-order valence-corrected chi connectivity index (χ2v) is 12.9. The van der Waals surface area contributed by atoms with Crippen molar-refractivity contribution in [2.24, 2.45) is 0 Å². The number of carbonyl (C=O) groups excluding carboxylic acids is 1. The van der Waals surface area contributed by atoms with Gasteiger partial charge in [0.2, 0.25) is 0 Å². The first-order valence-electron chi connectivity index (χ1n) is 11.8. The van der Waals surface area contributed by atoms with Gasteiger partial charge in [-0.15, -0.1) is 0 Å². The summed E-state index contributed by atoms with van der Waals surface area (Å²) < 4.78 is 0. The summed E-state index contributed by atoms with van der Waals surface area (Å²) in [5, 5.41) is 4.48. The van der Waals surface area contributed by atoms with Crippen LogP contribution in [-0.2, 0) is 4.79 Å². The van der Waals surface area contributed by atoms with Gasteiger partial charge in [0.25, 0.3) is 0 Å². The molecule has 0 aromatic heterocycles. The summed E-state index contributed by atoms with van der Waals surface area (Å²) in [7, 11) is -2.11. The topological polar surface area (TPSA) is 23.6 Å². The van der Waals surface area contributed by atoms with Crippen LogP contribution >= 0.6 is 7.26 Å². The molecule has 0 bridgehead atoms. The molecule has 4 rings (SSSR count). The first kappa shape index (κ1) is 22.7. The molecule has 0 N–H and O–H groups in total. The molecule has 1 saturated heterocycles. The van der Waals surface area contributed by atoms with Crippen molar-refractivity contribution in [2.45, 2.75) is 19.8 Å². The van der Waals surface area contributed by atoms with Crippen LogP contribution in [0.1, 0.15) is 19.8 Å². The normalized spacial score (nSPS) is 15.5. The van der Waals surface area contributed by atoms with Gasteiger partial charge in [-0.25, -0.2) is 0 Å². The minimum absolute atomic E-state index is 0.203. The molecule has 1 aliphatic rings. The second-order valence-electron chi connectivity index (χ2n) is 8.81. The van der Waals surface area contributed by atoms with Crippen LogP contribution in [0.5, 0.6) is 0 Å². The van der Waals surface area contributed by atoms with Crippen LogP contribution in [-0.4, -0.2) is 54.6 Å². The van der Waals surface area contributed by atoms with Gasteiger partial charge < -0.3 is 0 Å². The quantitative estimate of drug-likeness (QED) is 0.390. The Hall–Kier alpha value is -2.48. The number of piperazine rings is 1. The number of amides is 1. The van der Waals surface area contributed by atoms with Crippen LogP contribution < -0.4 is 15.9 Å². The van der Waals surface area contributed by atoms with Crippen molar-refractivity contribution in [1.29, 1.82) is 0 Å². The summed E-state index contributed by atoms with van der Waals surface area (Å²) in [4.78, 5) is 16.1. The number of benzene rings is 3. The van der Waals surface area contributed by atoms with Gasteiger partial charge in [0.1, 0.15) is 0 Å². The number of nitrogens with zero attached hydrogens (tertiary/aromatic N) is 2. The van der Waals surface area contributed by atoms with Crippen molar-refractivity contribution in [3.63, 3.8) is 0 Å². The molecule has 4 heteroatoms. The summed E-state index contributed by atoms with van der Waals surface area (Å²) in [6, 6.07) is 33.6. The maximum atomic E-state index is 11.6. The molecule has 0 radical (unpaired) electrons. The molecule has 0 aliphatic carbocycles. The molecule has 3 aromatic rings. The third-order valence-corrected chi connectivity index (χ3v) is 12.0. The van der Waals surface area contributed by atoms with E-state index < -0.39 is 7.26 Å². The van der Waals surface area contributed by atoms with E-state index in [4.69, 9.17) is 0 Å². The monoisotopic (exact) mass is 446 g/mol. The average Bonchev–Trinajstić information content (AvgIpc) is 2.86. The van der Waals surface area contributed by atoms with Crippen LogP contribution in [0.2, 0.25) is 0 Å². The van der Waals surface area contributed by atoms with Crippen molar-refractivity contribution < 1.29 is 4.79 Å². The molecule has 0 spiro atoms. The predicted octanol–water partition coefficient (Wildman–Crippen LogP) is 3.66. The number of carbonyl (C=O) groups is 1. The molecular weight excluding hydrogens is 411 g/mol. The van der Waals surface area contributed by atoms with Gasteiger partial charge in [-0.1, -0.05) is 0 Å². The van der Waals surface area contributed by atoms with Gasteiger partial charge in [0, 0.05) is 0 Å². The predicted molar refractivity (Wildman–Crippen MR) is 139 cm³/mol. The summed E-state index contributed by atoms with van der Waals surface area (Å²) in [6.07, 6.45) is 3.61. The van der Waals surface area contributed by atoms with E-state index in [9.17, 15) is 4.79 Å². The molecule has 0 atom stereocenters. The Labute approximate surface area is 193 Å². The fourth-order valence-corrected chi connectivity index (χ4v) is 10.0. The van der Waals surface area contributed by atoms with Gasteiger partial charge in [-0.2, -0.15) is 0 Å². The fourth-order valence-electron chi connectivity index (χ4n) is 5.11. The standard InChI is InChI=1S/C28H35N2OP/c1-25(31)30-22-20-29(21-23-30)19-11-12-24-32(26-13-5-2-6-14-26,27-15-7-3-8-16-27)28-17-9-4-10-18-28/h2-10,13-18,32H,11-12,19-24H2,1H3. The van der Waals surface area contributed by atoms with Crippen LogP contribution in [0, 0.1) is 0 Å². The maximum absolute atomic E-state index is 11.6. The first-order valence-corrected chi connectivity index (χ1v) is 14.1. The fraction of sp³-hybridized carbons (Fsp3) is 0.321. The third-order valence-electron chi connectivity index (χ3n) is 6.89. The Morgan fingerprint density at radius 2 is 1.12 bits per heavy atom. The molecule has 1 heterocycles. The van der Waals surface area contributed by atoms with Crippen molar-refractivity contribution >= 4 is 29.1 Å². The Morgan fingerprint density at radius 3 is 1.53 bits per heavy atom. The van der Waals surface area contributed by atoms with Crippen LogP contribution in [0.15, 0.2) is 91.0 Å². The van der Waals surface area contributed by atoms with Crippen LogP contribution in [0.25, 0.3) is 0 Å². The minimum atomic E-state index is -2.11. The van der Waals surface area contributed by atoms with E-state index in [0.717, 1.165) is 32.7 Å². The van der Waals surface area contributed by atoms with E-state index in [0.29, 0.717) is 0 Å². The van der Waals surface area contributed by atoms with E-state index in [2.05, 4.69) is 95.9 Å². The number of rotatable bonds is 8. The first-order chi connectivity index (χ1) is 15.7. The molecule has 32 heavy (non-hydrogen) atoms. The zero-order valence-electron chi connectivity index (χ0n) is 19.1. The molecule has 0 saturated carbocycles. The SMILES string of the molecule is CC(=O)N1CCN(CCCC[PH](c2ccccc2)(c2ccccc2)c2ccccc2)CC1. The molecule has 3 aromatic carbocycles. The third kappa shape index (κ3) is 5.11. The van der Waals surface area contributed by atoms with E-state index >= 15 is 0 Å². The number of hydrogen-bond acceptors (Lipinski definition) is 2. The summed E-state index contributed by atoms with van der Waals surface area (Å²) >= 11 is 0. The van der Waals surface area contributed by atoms with Crippen molar-refractivity contribution in [3.05, 3.63) is 91.0 Å². The van der Waals surface area contributed by atoms with Crippen molar-refractivity contribution in [3.8, 4) is 0 Å². The molecule has 1 amide bonds. The molecule has 1 fully saturated rings. The Bertz CT molecular complexity index is 873. The van der Waals surface area contributed by atoms with Gasteiger partial charge in [0.05, 0.1) is 0 Å². The van der Waals surface area contributed by atoms with Gasteiger partial charge in [-0.05, 0) is 0 Å². The van der Waals surface area contributed by atoms with E-state index in [1.807, 2.05) is 4.90 Å². The molecule has 1 aliphatic heterocycles. The Morgan fingerprint density at radius 1 is 0.688 bits per heavy atom. The van der Waals surface area contributed by atoms with Crippen LogP contribution in [0.4, 0.5) is 0 Å². The second kappa shape index (κ2) is 10.9. The Kier molecular flexibility index (Phi) is 7.73. The summed E-state index contributed by atoms with van der Waals surface area (Å²) in [5.41, 5.74) is 0. The van der Waals surface area contributed by atoms with E-state index in [-0.39, 0.29) is 5.91 Å². The molecule has 0 unspecified atom stereocenters. The molecule has 168 valence electrons. The molecular formula is C28H35N2OP. The Balaban J connectivity index is 1.53. The zero-order chi connectivity index (χ0) is 22.2. The van der Waals surface area contributed by atoms with E-state index in [1.165, 1.54) is 34.9 Å². The summed E-state index contributed by atoms with van der Waals surface area (Å²) in [5.74, 6) is 0.203. The van der Waals surface area contributed by atoms with Gasteiger partial charge in [-0.3, -0.25) is 0 Å².